The Morgan fingerprint density at radius 3 is 1.31 bits per heavy atom. The van der Waals surface area contributed by atoms with Gasteiger partial charge in [0.05, 0.1) is 49.9 Å². The second kappa shape index (κ2) is 18.6. The summed E-state index contributed by atoms with van der Waals surface area (Å²) in [6, 6.07) is 18.2. The van der Waals surface area contributed by atoms with Crippen LogP contribution in [0.5, 0.6) is 0 Å². The Hall–Kier alpha value is -3.68. The minimum absolute atomic E-state index is 0.0185. The molecule has 1 saturated heterocycles. The highest BCUT2D eigenvalue weighted by atomic mass is 32.2. The number of nitrogens with one attached hydrogen (secondary N) is 4. The monoisotopic (exact) mass is 922 g/mol. The van der Waals surface area contributed by atoms with Crippen LogP contribution in [0.25, 0.3) is 0 Å². The van der Waals surface area contributed by atoms with E-state index in [-0.39, 0.29) is 39.0 Å². The lowest BCUT2D eigenvalue weighted by Gasteiger charge is -2.48. The molecule has 0 aromatic heterocycles. The molecule has 0 spiro atoms. The van der Waals surface area contributed by atoms with Gasteiger partial charge in [-0.1, -0.05) is 70.8 Å². The van der Waals surface area contributed by atoms with Gasteiger partial charge in [-0.2, -0.15) is 0 Å². The number of ether oxygens (including phenoxy) is 2. The van der Waals surface area contributed by atoms with Crippen LogP contribution in [0.15, 0.2) is 117 Å². The largest absolute Gasteiger partial charge is 0.390 e. The van der Waals surface area contributed by atoms with Crippen LogP contribution in [0.2, 0.25) is 0 Å². The number of benzene rings is 4. The van der Waals surface area contributed by atoms with Crippen molar-refractivity contribution < 1.29 is 58.5 Å². The number of sulfonamides is 4. The molecule has 2 aliphatic rings. The van der Waals surface area contributed by atoms with Crippen LogP contribution < -0.4 is 18.9 Å². The maximum atomic E-state index is 13.9. The number of aliphatic hydroxyl groups is 3. The molecule has 7 N–H and O–H groups in total. The molecular formula is C40H50N4O13S4. The molecule has 61 heavy (non-hydrogen) atoms. The summed E-state index contributed by atoms with van der Waals surface area (Å²) in [4.78, 5) is -0.638. The van der Waals surface area contributed by atoms with Crippen molar-refractivity contribution in [3.63, 3.8) is 0 Å². The maximum Gasteiger partial charge on any atom is 0.240 e. The average Bonchev–Trinajstić information content (AvgIpc) is 3.20. The molecule has 1 aliphatic heterocycles. The molecule has 4 aromatic rings. The second-order valence-corrected chi connectivity index (χ2v) is 22.3. The van der Waals surface area contributed by atoms with Gasteiger partial charge in [0.15, 0.2) is 6.29 Å². The van der Waals surface area contributed by atoms with E-state index in [0.717, 1.165) is 22.3 Å². The lowest BCUT2D eigenvalue weighted by Crippen LogP contribution is -2.73. The summed E-state index contributed by atoms with van der Waals surface area (Å²) in [5.41, 5.74) is 3.10. The highest BCUT2D eigenvalue weighted by Gasteiger charge is 2.54. The summed E-state index contributed by atoms with van der Waals surface area (Å²) >= 11 is 0. The molecule has 0 radical (unpaired) electrons. The van der Waals surface area contributed by atoms with Gasteiger partial charge < -0.3 is 24.8 Å². The second-order valence-electron chi connectivity index (χ2n) is 15.4. The molecule has 6 rings (SSSR count). The van der Waals surface area contributed by atoms with E-state index in [4.69, 9.17) is 9.47 Å². The first-order chi connectivity index (χ1) is 28.6. The predicted octanol–water partition coefficient (Wildman–Crippen LogP) is 1.23. The van der Waals surface area contributed by atoms with Crippen molar-refractivity contribution in [3.05, 3.63) is 119 Å². The molecule has 1 aliphatic carbocycles. The minimum Gasteiger partial charge on any atom is -0.390 e. The Bertz CT molecular complexity index is 2600. The molecule has 17 nitrogen and oxygen atoms in total. The van der Waals surface area contributed by atoms with Gasteiger partial charge in [0.1, 0.15) is 18.3 Å². The third kappa shape index (κ3) is 11.1. The van der Waals surface area contributed by atoms with Crippen LogP contribution in [-0.4, -0.2) is 110 Å². The Morgan fingerprint density at radius 2 is 0.885 bits per heavy atom. The Kier molecular flexibility index (Phi) is 14.3. The molecular weight excluding hydrogens is 873 g/mol. The first-order valence-corrected chi connectivity index (χ1v) is 25.2. The van der Waals surface area contributed by atoms with E-state index in [2.05, 4.69) is 18.9 Å². The Labute approximate surface area is 356 Å². The van der Waals surface area contributed by atoms with E-state index in [1.807, 2.05) is 0 Å². The molecule has 0 amide bonds. The summed E-state index contributed by atoms with van der Waals surface area (Å²) in [6.07, 6.45) is -11.0. The molecule has 0 bridgehead atoms. The fourth-order valence-electron chi connectivity index (χ4n) is 7.00. The normalized spacial score (nSPS) is 26.5. The van der Waals surface area contributed by atoms with E-state index in [0.29, 0.717) is 0 Å². The fourth-order valence-corrected chi connectivity index (χ4v) is 11.9. The highest BCUT2D eigenvalue weighted by molar-refractivity contribution is 7.90. The van der Waals surface area contributed by atoms with Gasteiger partial charge in [0.25, 0.3) is 0 Å². The predicted molar refractivity (Wildman–Crippen MR) is 223 cm³/mol. The number of hydrogen-bond acceptors (Lipinski definition) is 13. The van der Waals surface area contributed by atoms with E-state index < -0.39 is 95.0 Å². The van der Waals surface area contributed by atoms with Crippen molar-refractivity contribution >= 4 is 40.1 Å². The fraction of sp³-hybridized carbons (Fsp3) is 0.400. The number of rotatable bonds is 15. The van der Waals surface area contributed by atoms with Gasteiger partial charge >= 0.3 is 0 Å². The summed E-state index contributed by atoms with van der Waals surface area (Å²) in [6.45, 7) is 6.72. The zero-order chi connectivity index (χ0) is 44.5. The van der Waals surface area contributed by atoms with Crippen LogP contribution in [0.4, 0.5) is 0 Å². The Morgan fingerprint density at radius 1 is 0.508 bits per heavy atom. The van der Waals surface area contributed by atoms with Crippen molar-refractivity contribution in [2.45, 2.75) is 115 Å². The first kappa shape index (κ1) is 46.8. The topological polar surface area (TPSA) is 264 Å². The molecule has 21 heteroatoms. The van der Waals surface area contributed by atoms with Crippen LogP contribution >= 0.6 is 0 Å². The van der Waals surface area contributed by atoms with E-state index in [9.17, 15) is 49.0 Å². The van der Waals surface area contributed by atoms with Gasteiger partial charge in [-0.15, -0.1) is 0 Å². The van der Waals surface area contributed by atoms with E-state index in [1.165, 1.54) is 72.8 Å². The zero-order valence-corrected chi connectivity index (χ0v) is 36.9. The van der Waals surface area contributed by atoms with Gasteiger partial charge in [0.2, 0.25) is 40.1 Å². The van der Waals surface area contributed by atoms with Crippen LogP contribution in [0.3, 0.4) is 0 Å². The number of hydrogen-bond donors (Lipinski definition) is 7. The van der Waals surface area contributed by atoms with Gasteiger partial charge in [-0.3, -0.25) is 0 Å². The molecule has 4 unspecified atom stereocenters. The van der Waals surface area contributed by atoms with Crippen LogP contribution in [0, 0.1) is 27.7 Å². The maximum absolute atomic E-state index is 13.9. The van der Waals surface area contributed by atoms with Gasteiger partial charge in [0, 0.05) is 6.54 Å². The lowest BCUT2D eigenvalue weighted by atomic mass is 9.82. The zero-order valence-electron chi connectivity index (χ0n) is 33.6. The molecule has 2 fully saturated rings. The smallest absolute Gasteiger partial charge is 0.240 e. The Balaban J connectivity index is 1.34. The summed E-state index contributed by atoms with van der Waals surface area (Å²) in [7, 11) is -17.4. The molecule has 4 aromatic carbocycles. The highest BCUT2D eigenvalue weighted by Crippen LogP contribution is 2.32. The first-order valence-electron chi connectivity index (χ1n) is 19.2. The van der Waals surface area contributed by atoms with E-state index in [1.54, 1.807) is 52.0 Å². The third-order valence-electron chi connectivity index (χ3n) is 10.6. The summed E-state index contributed by atoms with van der Waals surface area (Å²) < 4.78 is 130. The van der Waals surface area contributed by atoms with Gasteiger partial charge in [-0.25, -0.2) is 52.6 Å². The SMILES string of the molecule is Cc1ccc(S(=O)(=O)NC[C@@H]2CCC(NS(=O)(=O)c3ccc(C)cc3)[C@@H](OC3C(O)[C@@H](O)[C@H](NS(=O)(=O)c4ccc(C)cc4)C(O)[C@@H]3NS(=O)(=O)c3ccc(C)cc3)O2)cc1. The quantitative estimate of drug-likeness (QED) is 0.0886. The average molecular weight is 923 g/mol. The number of aryl methyl sites for hydroxylation is 4. The minimum atomic E-state index is -4.58. The summed E-state index contributed by atoms with van der Waals surface area (Å²) in [5.74, 6) is 0. The van der Waals surface area contributed by atoms with Crippen molar-refractivity contribution in [1.82, 2.24) is 18.9 Å². The van der Waals surface area contributed by atoms with Crippen LogP contribution in [0.1, 0.15) is 35.1 Å². The van der Waals surface area contributed by atoms with Crippen molar-refractivity contribution in [1.29, 1.82) is 0 Å². The van der Waals surface area contributed by atoms with Crippen molar-refractivity contribution in [2.24, 2.45) is 0 Å². The molecule has 9 atom stereocenters. The van der Waals surface area contributed by atoms with Crippen LogP contribution in [-0.2, 0) is 49.6 Å². The van der Waals surface area contributed by atoms with E-state index >= 15 is 0 Å². The van der Waals surface area contributed by atoms with Crippen molar-refractivity contribution in [3.8, 4) is 0 Å². The third-order valence-corrected chi connectivity index (χ3v) is 16.5. The molecule has 1 saturated carbocycles. The number of aliphatic hydroxyl groups excluding tert-OH is 3. The van der Waals surface area contributed by atoms with Gasteiger partial charge in [-0.05, 0) is 89.1 Å². The molecule has 332 valence electrons. The summed E-state index contributed by atoms with van der Waals surface area (Å²) in [5, 5.41) is 35.1. The standard InChI is InChI=1S/C40H50N4O13S4/c1-24-5-14-29(15-6-24)58(48,49)41-23-28-13-22-33(42-59(50,51)30-16-7-25(2)8-17-30)40(56-28)57-39-35(44-61(54,55)32-20-11-27(4)12-21-32)36(45)34(37(46)38(39)47)43-60(52,53)31-18-9-26(3)10-19-31/h5-12,14-21,28,33-47H,13,22-23H2,1-4H3/t28-,33?,34+,35-,36?,37-,38?,39?,40+/m0/s1. The van der Waals surface area contributed by atoms with Crippen molar-refractivity contribution in [2.75, 3.05) is 6.54 Å². The lowest BCUT2D eigenvalue weighted by molar-refractivity contribution is -0.263. The molecule has 1 heterocycles.